The molecule has 2 fully saturated rings. The second-order valence-electron chi connectivity index (χ2n) is 9.96. The zero-order chi connectivity index (χ0) is 28.0. The van der Waals surface area contributed by atoms with Gasteiger partial charge in [-0.25, -0.2) is 28.1 Å². The van der Waals surface area contributed by atoms with Crippen LogP contribution in [0.2, 0.25) is 5.02 Å². The van der Waals surface area contributed by atoms with Crippen molar-refractivity contribution in [3.8, 4) is 11.3 Å². The highest BCUT2D eigenvalue weighted by atomic mass is 35.5. The highest BCUT2D eigenvalue weighted by molar-refractivity contribution is 6.31. The Kier molecular flexibility index (Phi) is 6.78. The van der Waals surface area contributed by atoms with E-state index < -0.39 is 29.3 Å². The maximum atomic E-state index is 14.7. The predicted octanol–water partition coefficient (Wildman–Crippen LogP) is 5.10. The van der Waals surface area contributed by atoms with Gasteiger partial charge < -0.3 is 10.1 Å². The zero-order valence-electron chi connectivity index (χ0n) is 20.7. The predicted molar refractivity (Wildman–Crippen MR) is 137 cm³/mol. The molecule has 0 spiro atoms. The Bertz CT molecular complexity index is 1600. The quantitative estimate of drug-likeness (QED) is 0.295. The van der Waals surface area contributed by atoms with Gasteiger partial charge in [0, 0.05) is 47.1 Å². The molecule has 4 atom stereocenters. The van der Waals surface area contributed by atoms with Crippen molar-refractivity contribution in [2.75, 3.05) is 5.32 Å². The standard InChI is InChI=1S/C27H21ClF3N7O2/c28-20-2-1-16(25(30)31)23(24(20)29)21-8-32-9-22(37-21)27(40)36-15-7-35-38(11-15)10-13-5-33-26(34-6-13)18-4-14-3-17(14)19(18)12-39/h1-2,5-9,11-12,14,17-19,25H,3-4,10H2,(H,36,40)/t14-,17-,18?,19-/m1/s1. The van der Waals surface area contributed by atoms with Crippen molar-refractivity contribution in [3.05, 3.63) is 82.8 Å². The Balaban J connectivity index is 1.13. The van der Waals surface area contributed by atoms with Crippen molar-refractivity contribution < 1.29 is 22.8 Å². The number of aldehydes is 1. The van der Waals surface area contributed by atoms with Crippen molar-refractivity contribution in [1.82, 2.24) is 29.7 Å². The summed E-state index contributed by atoms with van der Waals surface area (Å²) in [6, 6.07) is 2.04. The molecule has 3 heterocycles. The first kappa shape index (κ1) is 26.1. The van der Waals surface area contributed by atoms with Crippen molar-refractivity contribution >= 4 is 29.5 Å². The van der Waals surface area contributed by atoms with Crippen molar-refractivity contribution in [3.63, 3.8) is 0 Å². The van der Waals surface area contributed by atoms with Gasteiger partial charge in [0.25, 0.3) is 12.3 Å². The molecule has 6 rings (SSSR count). The number of hydrogen-bond donors (Lipinski definition) is 1. The maximum absolute atomic E-state index is 14.7. The van der Waals surface area contributed by atoms with E-state index in [2.05, 4.69) is 30.4 Å². The normalized spacial score (nSPS) is 21.3. The summed E-state index contributed by atoms with van der Waals surface area (Å²) in [5.74, 6) is 0.0704. The molecular formula is C27H21ClF3N7O2. The molecule has 3 aromatic heterocycles. The van der Waals surface area contributed by atoms with Crippen LogP contribution in [-0.2, 0) is 11.3 Å². The highest BCUT2D eigenvalue weighted by Gasteiger charge is 2.54. The Morgan fingerprint density at radius 3 is 2.70 bits per heavy atom. The molecule has 0 radical (unpaired) electrons. The number of fused-ring (bicyclic) bond motifs is 1. The number of hydrogen-bond acceptors (Lipinski definition) is 7. The van der Waals surface area contributed by atoms with Crippen molar-refractivity contribution in [2.24, 2.45) is 17.8 Å². The molecule has 1 amide bonds. The molecule has 4 aromatic rings. The Labute approximate surface area is 230 Å². The smallest absolute Gasteiger partial charge is 0.275 e. The number of carbonyl (C=O) groups excluding carboxylic acids is 2. The summed E-state index contributed by atoms with van der Waals surface area (Å²) < 4.78 is 43.2. The number of amides is 1. The SMILES string of the molecule is O=C[C@H]1C(c2ncc(Cn3cc(NC(=O)c4cncc(-c5c(C(F)F)ccc(Cl)c5F)n4)cn3)cn2)C[C@H]2C[C@H]21. The van der Waals surface area contributed by atoms with Gasteiger partial charge in [-0.05, 0) is 30.7 Å². The van der Waals surface area contributed by atoms with Gasteiger partial charge in [0.2, 0.25) is 0 Å². The first-order valence-corrected chi connectivity index (χ1v) is 12.9. The van der Waals surface area contributed by atoms with Crippen LogP contribution >= 0.6 is 11.6 Å². The topological polar surface area (TPSA) is 116 Å². The fraction of sp³-hybridized carbons (Fsp3) is 0.296. The van der Waals surface area contributed by atoms with E-state index in [0.717, 1.165) is 49.2 Å². The number of halogens is 4. The van der Waals surface area contributed by atoms with E-state index in [0.29, 0.717) is 29.9 Å². The van der Waals surface area contributed by atoms with Crippen molar-refractivity contribution in [2.45, 2.75) is 31.7 Å². The van der Waals surface area contributed by atoms with Crippen LogP contribution in [0.3, 0.4) is 0 Å². The molecule has 1 aromatic carbocycles. The lowest BCUT2D eigenvalue weighted by Gasteiger charge is -2.16. The fourth-order valence-electron chi connectivity index (χ4n) is 5.41. The van der Waals surface area contributed by atoms with E-state index in [1.807, 2.05) is 0 Å². The Hall–Kier alpha value is -4.19. The molecule has 2 aliphatic rings. The minimum atomic E-state index is -2.99. The van der Waals surface area contributed by atoms with E-state index in [1.54, 1.807) is 23.3 Å². The number of nitrogens with zero attached hydrogens (tertiary/aromatic N) is 6. The summed E-state index contributed by atoms with van der Waals surface area (Å²) in [7, 11) is 0. The van der Waals surface area contributed by atoms with Gasteiger partial charge >= 0.3 is 0 Å². The number of rotatable bonds is 8. The fourth-order valence-corrected chi connectivity index (χ4v) is 5.56. The van der Waals surface area contributed by atoms with Gasteiger partial charge in [0.1, 0.15) is 17.8 Å². The van der Waals surface area contributed by atoms with Gasteiger partial charge in [0.05, 0.1) is 41.5 Å². The number of carbonyl (C=O) groups is 2. The minimum Gasteiger partial charge on any atom is -0.318 e. The second kappa shape index (κ2) is 10.4. The van der Waals surface area contributed by atoms with Crippen LogP contribution in [0.1, 0.15) is 52.6 Å². The van der Waals surface area contributed by atoms with Crippen LogP contribution in [0.15, 0.2) is 49.3 Å². The monoisotopic (exact) mass is 567 g/mol. The van der Waals surface area contributed by atoms with Gasteiger partial charge in [-0.2, -0.15) is 5.10 Å². The molecule has 1 unspecified atom stereocenters. The molecule has 0 saturated heterocycles. The second-order valence-corrected chi connectivity index (χ2v) is 10.4. The Morgan fingerprint density at radius 1 is 1.15 bits per heavy atom. The average molecular weight is 568 g/mol. The summed E-state index contributed by atoms with van der Waals surface area (Å²) in [6.07, 6.45) is 8.75. The maximum Gasteiger partial charge on any atom is 0.275 e. The number of benzene rings is 1. The molecule has 2 aliphatic carbocycles. The van der Waals surface area contributed by atoms with E-state index in [9.17, 15) is 22.8 Å². The van der Waals surface area contributed by atoms with E-state index in [-0.39, 0.29) is 28.2 Å². The van der Waals surface area contributed by atoms with Crippen molar-refractivity contribution in [1.29, 1.82) is 0 Å². The van der Waals surface area contributed by atoms with Gasteiger partial charge in [-0.15, -0.1) is 0 Å². The largest absolute Gasteiger partial charge is 0.318 e. The zero-order valence-corrected chi connectivity index (χ0v) is 21.5. The van der Waals surface area contributed by atoms with Crippen LogP contribution in [0.4, 0.5) is 18.9 Å². The number of alkyl halides is 2. The molecule has 0 bridgehead atoms. The van der Waals surface area contributed by atoms with E-state index in [1.165, 1.54) is 6.20 Å². The number of aromatic nitrogens is 6. The number of nitrogens with one attached hydrogen (secondary N) is 1. The summed E-state index contributed by atoms with van der Waals surface area (Å²) in [5, 5.41) is 6.49. The van der Waals surface area contributed by atoms with E-state index in [4.69, 9.17) is 11.6 Å². The van der Waals surface area contributed by atoms with Gasteiger partial charge in [-0.1, -0.05) is 17.7 Å². The Morgan fingerprint density at radius 2 is 1.95 bits per heavy atom. The molecule has 1 N–H and O–H groups in total. The van der Waals surface area contributed by atoms with Gasteiger partial charge in [-0.3, -0.25) is 14.5 Å². The molecule has 2 saturated carbocycles. The molecule has 9 nitrogen and oxygen atoms in total. The molecule has 13 heteroatoms. The third kappa shape index (κ3) is 4.94. The lowest BCUT2D eigenvalue weighted by molar-refractivity contribution is -0.111. The first-order valence-electron chi connectivity index (χ1n) is 12.5. The van der Waals surface area contributed by atoms with Crippen LogP contribution < -0.4 is 5.32 Å². The minimum absolute atomic E-state index is 0.00519. The molecular weight excluding hydrogens is 547 g/mol. The number of anilines is 1. The summed E-state index contributed by atoms with van der Waals surface area (Å²) in [5.41, 5.74) is -0.473. The van der Waals surface area contributed by atoms with Crippen LogP contribution in [0, 0.1) is 23.6 Å². The third-order valence-electron chi connectivity index (χ3n) is 7.43. The lowest BCUT2D eigenvalue weighted by Crippen LogP contribution is -2.15. The summed E-state index contributed by atoms with van der Waals surface area (Å²) in [6.45, 7) is 0.336. The van der Waals surface area contributed by atoms with Crippen LogP contribution in [0.25, 0.3) is 11.3 Å². The third-order valence-corrected chi connectivity index (χ3v) is 7.72. The van der Waals surface area contributed by atoms with Crippen LogP contribution in [0.5, 0.6) is 0 Å². The summed E-state index contributed by atoms with van der Waals surface area (Å²) in [4.78, 5) is 41.2. The first-order chi connectivity index (χ1) is 19.3. The molecule has 204 valence electrons. The molecule has 40 heavy (non-hydrogen) atoms. The average Bonchev–Trinajstić information content (AvgIpc) is 3.41. The van der Waals surface area contributed by atoms with Gasteiger partial charge in [0.15, 0.2) is 5.82 Å². The molecule has 0 aliphatic heterocycles. The van der Waals surface area contributed by atoms with E-state index >= 15 is 0 Å². The summed E-state index contributed by atoms with van der Waals surface area (Å²) >= 11 is 5.79. The highest BCUT2D eigenvalue weighted by Crippen LogP contribution is 2.59. The van der Waals surface area contributed by atoms with Crippen LogP contribution in [-0.4, -0.2) is 41.9 Å². The lowest BCUT2D eigenvalue weighted by atomic mass is 9.91.